The summed E-state index contributed by atoms with van der Waals surface area (Å²) in [6.07, 6.45) is 8.20. The Morgan fingerprint density at radius 2 is 2.07 bits per heavy atom. The number of hydrogen-bond donors (Lipinski definition) is 1. The Labute approximate surface area is 170 Å². The molecule has 0 saturated heterocycles. The highest BCUT2D eigenvalue weighted by Gasteiger charge is 2.19. The lowest BCUT2D eigenvalue weighted by Crippen LogP contribution is -2.32. The SMILES string of the molecule is COc1ccc(-c2nnc(S[C@@H](C)C(=O)NCCC3=CCCCC3)n2C)cc1. The second-order valence-corrected chi connectivity index (χ2v) is 8.31. The van der Waals surface area contributed by atoms with E-state index < -0.39 is 0 Å². The lowest BCUT2D eigenvalue weighted by atomic mass is 9.97. The molecule has 1 aromatic heterocycles. The summed E-state index contributed by atoms with van der Waals surface area (Å²) in [5.74, 6) is 1.60. The third-order valence-electron chi connectivity index (χ3n) is 4.96. The molecule has 0 unspecified atom stereocenters. The number of carbonyl (C=O) groups is 1. The molecule has 3 rings (SSSR count). The van der Waals surface area contributed by atoms with Crippen LogP contribution < -0.4 is 10.1 Å². The number of aromatic nitrogens is 3. The molecule has 0 radical (unpaired) electrons. The van der Waals surface area contributed by atoms with Gasteiger partial charge in [-0.25, -0.2) is 0 Å². The zero-order chi connectivity index (χ0) is 19.9. The predicted octanol–water partition coefficient (Wildman–Crippen LogP) is 3.98. The first kappa shape index (κ1) is 20.5. The molecular formula is C21H28N4O2S. The second-order valence-electron chi connectivity index (χ2n) is 7.00. The van der Waals surface area contributed by atoms with E-state index in [0.29, 0.717) is 6.54 Å². The number of amides is 1. The van der Waals surface area contributed by atoms with Gasteiger partial charge in [-0.1, -0.05) is 23.4 Å². The number of hydrogen-bond acceptors (Lipinski definition) is 5. The van der Waals surface area contributed by atoms with Crippen LogP contribution in [0.5, 0.6) is 5.75 Å². The minimum atomic E-state index is -0.230. The molecule has 1 amide bonds. The van der Waals surface area contributed by atoms with E-state index in [-0.39, 0.29) is 11.2 Å². The molecule has 7 heteroatoms. The second kappa shape index (κ2) is 9.78. The summed E-state index contributed by atoms with van der Waals surface area (Å²) in [5, 5.41) is 12.1. The molecule has 1 aromatic carbocycles. The molecule has 1 heterocycles. The van der Waals surface area contributed by atoms with Crippen LogP contribution in [0.1, 0.15) is 39.0 Å². The number of rotatable bonds is 8. The van der Waals surface area contributed by atoms with E-state index in [1.165, 1.54) is 43.0 Å². The largest absolute Gasteiger partial charge is 0.497 e. The normalized spacial score (nSPS) is 15.0. The van der Waals surface area contributed by atoms with Crippen LogP contribution in [0.2, 0.25) is 0 Å². The van der Waals surface area contributed by atoms with E-state index >= 15 is 0 Å². The Morgan fingerprint density at radius 1 is 1.29 bits per heavy atom. The van der Waals surface area contributed by atoms with Gasteiger partial charge < -0.3 is 14.6 Å². The number of nitrogens with one attached hydrogen (secondary N) is 1. The van der Waals surface area contributed by atoms with Crippen molar-refractivity contribution in [3.05, 3.63) is 35.9 Å². The van der Waals surface area contributed by atoms with E-state index in [9.17, 15) is 4.79 Å². The van der Waals surface area contributed by atoms with E-state index in [0.717, 1.165) is 28.7 Å². The highest BCUT2D eigenvalue weighted by molar-refractivity contribution is 8.00. The lowest BCUT2D eigenvalue weighted by Gasteiger charge is -2.14. The van der Waals surface area contributed by atoms with Crippen LogP contribution in [0, 0.1) is 0 Å². The Kier molecular flexibility index (Phi) is 7.14. The number of carbonyl (C=O) groups excluding carboxylic acids is 1. The summed E-state index contributed by atoms with van der Waals surface area (Å²) in [4.78, 5) is 12.4. The summed E-state index contributed by atoms with van der Waals surface area (Å²) < 4.78 is 7.12. The van der Waals surface area contributed by atoms with Crippen molar-refractivity contribution in [3.8, 4) is 17.1 Å². The van der Waals surface area contributed by atoms with Crippen molar-refractivity contribution in [2.75, 3.05) is 13.7 Å². The molecule has 2 aromatic rings. The van der Waals surface area contributed by atoms with Crippen LogP contribution in [0.15, 0.2) is 41.1 Å². The van der Waals surface area contributed by atoms with Gasteiger partial charge >= 0.3 is 0 Å². The van der Waals surface area contributed by atoms with Crippen molar-refractivity contribution in [2.24, 2.45) is 7.05 Å². The summed E-state index contributed by atoms with van der Waals surface area (Å²) in [5.41, 5.74) is 2.44. The predicted molar refractivity (Wildman–Crippen MR) is 112 cm³/mol. The standard InChI is InChI=1S/C21H28N4O2S/c1-15(20(26)22-14-13-16-7-5-4-6-8-16)28-21-24-23-19(25(21)2)17-9-11-18(27-3)12-10-17/h7,9-12,15H,4-6,8,13-14H2,1-3H3,(H,22,26)/t15-/m0/s1. The highest BCUT2D eigenvalue weighted by Crippen LogP contribution is 2.27. The first-order valence-electron chi connectivity index (χ1n) is 9.74. The van der Waals surface area contributed by atoms with E-state index in [2.05, 4.69) is 21.6 Å². The zero-order valence-corrected chi connectivity index (χ0v) is 17.6. The van der Waals surface area contributed by atoms with Gasteiger partial charge in [0.2, 0.25) is 5.91 Å². The van der Waals surface area contributed by atoms with Crippen molar-refractivity contribution >= 4 is 17.7 Å². The number of ether oxygens (including phenoxy) is 1. The number of methoxy groups -OCH3 is 1. The maximum absolute atomic E-state index is 12.4. The van der Waals surface area contributed by atoms with Crippen molar-refractivity contribution < 1.29 is 9.53 Å². The van der Waals surface area contributed by atoms with Gasteiger partial charge in [0.15, 0.2) is 11.0 Å². The molecule has 28 heavy (non-hydrogen) atoms. The van der Waals surface area contributed by atoms with E-state index in [1.54, 1.807) is 7.11 Å². The maximum atomic E-state index is 12.4. The van der Waals surface area contributed by atoms with Crippen molar-refractivity contribution in [1.29, 1.82) is 0 Å². The lowest BCUT2D eigenvalue weighted by molar-refractivity contribution is -0.120. The number of benzene rings is 1. The Morgan fingerprint density at radius 3 is 2.75 bits per heavy atom. The van der Waals surface area contributed by atoms with Crippen molar-refractivity contribution in [3.63, 3.8) is 0 Å². The summed E-state index contributed by atoms with van der Waals surface area (Å²) >= 11 is 1.43. The number of nitrogens with zero attached hydrogens (tertiary/aromatic N) is 3. The van der Waals surface area contributed by atoms with Gasteiger partial charge in [-0.15, -0.1) is 10.2 Å². The zero-order valence-electron chi connectivity index (χ0n) is 16.8. The first-order chi connectivity index (χ1) is 13.6. The molecule has 150 valence electrons. The Bertz CT molecular complexity index is 829. The monoisotopic (exact) mass is 400 g/mol. The average Bonchev–Trinajstić information content (AvgIpc) is 3.09. The topological polar surface area (TPSA) is 69.0 Å². The molecule has 1 N–H and O–H groups in total. The Balaban J connectivity index is 1.54. The first-order valence-corrected chi connectivity index (χ1v) is 10.6. The molecule has 0 saturated carbocycles. The van der Waals surface area contributed by atoms with Gasteiger partial charge in [-0.3, -0.25) is 4.79 Å². The van der Waals surface area contributed by atoms with E-state index in [4.69, 9.17) is 4.74 Å². The Hall–Kier alpha value is -2.28. The van der Waals surface area contributed by atoms with Crippen LogP contribution in [0.3, 0.4) is 0 Å². The molecule has 1 aliphatic rings. The van der Waals surface area contributed by atoms with Gasteiger partial charge in [0, 0.05) is 19.2 Å². The van der Waals surface area contributed by atoms with Crippen molar-refractivity contribution in [1.82, 2.24) is 20.1 Å². The summed E-state index contributed by atoms with van der Waals surface area (Å²) in [7, 11) is 3.56. The molecule has 0 spiro atoms. The van der Waals surface area contributed by atoms with Gasteiger partial charge in [0.05, 0.1) is 12.4 Å². The molecule has 0 fully saturated rings. The van der Waals surface area contributed by atoms with Gasteiger partial charge in [-0.05, 0) is 63.3 Å². The van der Waals surface area contributed by atoms with Crippen LogP contribution >= 0.6 is 11.8 Å². The third kappa shape index (κ3) is 5.16. The average molecular weight is 401 g/mol. The van der Waals surface area contributed by atoms with E-state index in [1.807, 2.05) is 42.8 Å². The maximum Gasteiger partial charge on any atom is 0.233 e. The molecule has 0 bridgehead atoms. The van der Waals surface area contributed by atoms with Crippen LogP contribution in [-0.4, -0.2) is 39.6 Å². The van der Waals surface area contributed by atoms with Gasteiger partial charge in [-0.2, -0.15) is 0 Å². The fourth-order valence-corrected chi connectivity index (χ4v) is 4.08. The summed E-state index contributed by atoms with van der Waals surface area (Å²) in [6, 6.07) is 7.70. The molecule has 6 nitrogen and oxygen atoms in total. The number of allylic oxidation sites excluding steroid dienone is 1. The van der Waals surface area contributed by atoms with Crippen LogP contribution in [0.25, 0.3) is 11.4 Å². The van der Waals surface area contributed by atoms with Crippen LogP contribution in [0.4, 0.5) is 0 Å². The highest BCUT2D eigenvalue weighted by atomic mass is 32.2. The fraction of sp³-hybridized carbons (Fsp3) is 0.476. The van der Waals surface area contributed by atoms with Crippen molar-refractivity contribution in [2.45, 2.75) is 49.4 Å². The molecule has 1 atom stereocenters. The van der Waals surface area contributed by atoms with Gasteiger partial charge in [0.25, 0.3) is 0 Å². The fourth-order valence-electron chi connectivity index (χ4n) is 3.24. The molecular weight excluding hydrogens is 372 g/mol. The third-order valence-corrected chi connectivity index (χ3v) is 6.10. The number of thioether (sulfide) groups is 1. The minimum absolute atomic E-state index is 0.0374. The minimum Gasteiger partial charge on any atom is -0.497 e. The quantitative estimate of drug-likeness (QED) is 0.536. The molecule has 1 aliphatic carbocycles. The molecule has 0 aliphatic heterocycles. The van der Waals surface area contributed by atoms with Crippen LogP contribution in [-0.2, 0) is 11.8 Å². The smallest absolute Gasteiger partial charge is 0.233 e. The van der Waals surface area contributed by atoms with Gasteiger partial charge in [0.1, 0.15) is 5.75 Å². The summed E-state index contributed by atoms with van der Waals surface area (Å²) in [6.45, 7) is 2.60.